The molecule has 24 heavy (non-hydrogen) atoms. The van der Waals surface area contributed by atoms with Gasteiger partial charge in [-0.05, 0) is 22.4 Å². The number of hydrogen-bond acceptors (Lipinski definition) is 4. The van der Waals surface area contributed by atoms with Gasteiger partial charge < -0.3 is 15.7 Å². The molecule has 0 spiro atoms. The number of aromatic nitrogens is 2. The first-order valence-corrected chi connectivity index (χ1v) is 7.86. The van der Waals surface area contributed by atoms with Crippen LogP contribution in [0, 0.1) is 0 Å². The van der Waals surface area contributed by atoms with Crippen molar-refractivity contribution in [2.45, 2.75) is 13.1 Å². The zero-order valence-corrected chi connectivity index (χ0v) is 13.3. The van der Waals surface area contributed by atoms with E-state index in [9.17, 15) is 4.79 Å². The number of rotatable bonds is 7. The molecule has 0 unspecified atom stereocenters. The number of nitrogens with zero attached hydrogens (tertiary/aromatic N) is 2. The molecule has 0 aliphatic carbocycles. The Morgan fingerprint density at radius 2 is 2.00 bits per heavy atom. The van der Waals surface area contributed by atoms with Crippen LogP contribution in [-0.2, 0) is 17.9 Å². The number of fused-ring (bicyclic) bond motifs is 1. The molecule has 3 rings (SSSR count). The van der Waals surface area contributed by atoms with Crippen molar-refractivity contribution in [3.8, 4) is 0 Å². The largest absolute Gasteiger partial charge is 0.395 e. The van der Waals surface area contributed by atoms with Gasteiger partial charge in [0.15, 0.2) is 0 Å². The number of aliphatic hydroxyl groups excluding tert-OH is 1. The number of aliphatic hydroxyl groups is 1. The summed E-state index contributed by atoms with van der Waals surface area (Å²) in [5, 5.41) is 21.2. The Labute approximate surface area is 140 Å². The van der Waals surface area contributed by atoms with Gasteiger partial charge in [-0.2, -0.15) is 5.10 Å². The minimum absolute atomic E-state index is 0.0661. The summed E-state index contributed by atoms with van der Waals surface area (Å²) < 4.78 is 1.56. The molecule has 2 aromatic carbocycles. The number of benzene rings is 2. The van der Waals surface area contributed by atoms with Crippen LogP contribution in [0.2, 0.25) is 0 Å². The van der Waals surface area contributed by atoms with E-state index in [1.54, 1.807) is 17.1 Å². The summed E-state index contributed by atoms with van der Waals surface area (Å²) in [6, 6.07) is 14.6. The van der Waals surface area contributed by atoms with E-state index in [1.807, 2.05) is 12.1 Å². The van der Waals surface area contributed by atoms with Gasteiger partial charge in [0.05, 0.1) is 18.5 Å². The topological polar surface area (TPSA) is 79.2 Å². The summed E-state index contributed by atoms with van der Waals surface area (Å²) in [6.45, 7) is 1.02. The molecular formula is C18H20N4O2. The number of hydrogen-bond donors (Lipinski definition) is 3. The maximum atomic E-state index is 11.6. The number of anilines is 1. The zero-order chi connectivity index (χ0) is 16.8. The van der Waals surface area contributed by atoms with Gasteiger partial charge >= 0.3 is 0 Å². The summed E-state index contributed by atoms with van der Waals surface area (Å²) in [6.07, 6.45) is 3.49. The normalized spacial score (nSPS) is 10.7. The highest BCUT2D eigenvalue weighted by atomic mass is 16.3. The fourth-order valence-electron chi connectivity index (χ4n) is 2.49. The van der Waals surface area contributed by atoms with Crippen LogP contribution in [0.4, 0.5) is 5.69 Å². The lowest BCUT2D eigenvalue weighted by atomic mass is 10.1. The van der Waals surface area contributed by atoms with Crippen LogP contribution in [-0.4, -0.2) is 33.9 Å². The second-order valence-corrected chi connectivity index (χ2v) is 5.54. The van der Waals surface area contributed by atoms with Gasteiger partial charge in [-0.25, -0.2) is 0 Å². The Kier molecular flexibility index (Phi) is 5.08. The lowest BCUT2D eigenvalue weighted by Crippen LogP contribution is -2.30. The fourth-order valence-corrected chi connectivity index (χ4v) is 2.49. The SMILES string of the molecule is O=C(Cn1cc(NCc2ccc3ccccc3c2)cn1)NCCO. The van der Waals surface area contributed by atoms with E-state index in [4.69, 9.17) is 5.11 Å². The van der Waals surface area contributed by atoms with E-state index >= 15 is 0 Å². The minimum Gasteiger partial charge on any atom is -0.395 e. The van der Waals surface area contributed by atoms with Gasteiger partial charge in [0.25, 0.3) is 0 Å². The van der Waals surface area contributed by atoms with E-state index in [1.165, 1.54) is 16.3 Å². The lowest BCUT2D eigenvalue weighted by Gasteiger charge is -2.06. The van der Waals surface area contributed by atoms with E-state index in [-0.39, 0.29) is 25.6 Å². The Morgan fingerprint density at radius 1 is 1.17 bits per heavy atom. The van der Waals surface area contributed by atoms with Crippen LogP contribution in [0.3, 0.4) is 0 Å². The first kappa shape index (κ1) is 16.0. The predicted molar refractivity (Wildman–Crippen MR) is 93.6 cm³/mol. The van der Waals surface area contributed by atoms with Crippen LogP contribution in [0.25, 0.3) is 10.8 Å². The monoisotopic (exact) mass is 324 g/mol. The van der Waals surface area contributed by atoms with Gasteiger partial charge in [0.2, 0.25) is 5.91 Å². The fraction of sp³-hybridized carbons (Fsp3) is 0.222. The maximum absolute atomic E-state index is 11.6. The quantitative estimate of drug-likeness (QED) is 0.619. The van der Waals surface area contributed by atoms with Crippen molar-refractivity contribution in [3.05, 3.63) is 60.4 Å². The Bertz CT molecular complexity index is 829. The van der Waals surface area contributed by atoms with Crippen LogP contribution >= 0.6 is 0 Å². The third-order valence-electron chi connectivity index (χ3n) is 3.68. The van der Waals surface area contributed by atoms with Crippen molar-refractivity contribution in [2.24, 2.45) is 0 Å². The van der Waals surface area contributed by atoms with Crippen molar-refractivity contribution in [1.29, 1.82) is 0 Å². The average Bonchev–Trinajstić information content (AvgIpc) is 3.05. The molecule has 3 N–H and O–H groups in total. The smallest absolute Gasteiger partial charge is 0.241 e. The first-order valence-electron chi connectivity index (χ1n) is 7.86. The molecular weight excluding hydrogens is 304 g/mol. The van der Waals surface area contributed by atoms with Crippen LogP contribution in [0.5, 0.6) is 0 Å². The molecule has 1 aromatic heterocycles. The molecule has 6 nitrogen and oxygen atoms in total. The highest BCUT2D eigenvalue weighted by Crippen LogP contribution is 2.16. The molecule has 124 valence electrons. The van der Waals surface area contributed by atoms with Crippen molar-refractivity contribution in [2.75, 3.05) is 18.5 Å². The average molecular weight is 324 g/mol. The predicted octanol–water partition coefficient (Wildman–Crippen LogP) is 1.76. The zero-order valence-electron chi connectivity index (χ0n) is 13.3. The molecule has 1 amide bonds. The molecule has 0 saturated carbocycles. The number of nitrogens with one attached hydrogen (secondary N) is 2. The van der Waals surface area contributed by atoms with Gasteiger partial charge in [0, 0.05) is 19.3 Å². The van der Waals surface area contributed by atoms with Crippen molar-refractivity contribution in [1.82, 2.24) is 15.1 Å². The highest BCUT2D eigenvalue weighted by Gasteiger charge is 2.04. The summed E-state index contributed by atoms with van der Waals surface area (Å²) in [7, 11) is 0. The van der Waals surface area contributed by atoms with Gasteiger partial charge in [-0.15, -0.1) is 0 Å². The molecule has 3 aromatic rings. The molecule has 0 aliphatic rings. The van der Waals surface area contributed by atoms with Gasteiger partial charge in [-0.3, -0.25) is 9.48 Å². The molecule has 0 atom stereocenters. The van der Waals surface area contributed by atoms with Crippen molar-refractivity contribution < 1.29 is 9.90 Å². The second kappa shape index (κ2) is 7.61. The van der Waals surface area contributed by atoms with E-state index < -0.39 is 0 Å². The standard InChI is InChI=1S/C18H20N4O2/c23-8-7-19-18(24)13-22-12-17(11-21-22)20-10-14-5-6-15-3-1-2-4-16(15)9-14/h1-6,9,11-12,20,23H,7-8,10,13H2,(H,19,24). The van der Waals surface area contributed by atoms with Crippen LogP contribution < -0.4 is 10.6 Å². The Balaban J connectivity index is 1.57. The van der Waals surface area contributed by atoms with E-state index in [2.05, 4.69) is 46.1 Å². The number of carbonyl (C=O) groups excluding carboxylic acids is 1. The van der Waals surface area contributed by atoms with E-state index in [0.29, 0.717) is 6.54 Å². The first-order chi connectivity index (χ1) is 11.7. The summed E-state index contributed by atoms with van der Waals surface area (Å²) in [4.78, 5) is 11.6. The van der Waals surface area contributed by atoms with Crippen LogP contribution in [0.1, 0.15) is 5.56 Å². The molecule has 0 radical (unpaired) electrons. The third-order valence-corrected chi connectivity index (χ3v) is 3.68. The lowest BCUT2D eigenvalue weighted by molar-refractivity contribution is -0.122. The molecule has 1 heterocycles. The molecule has 0 fully saturated rings. The van der Waals surface area contributed by atoms with Crippen molar-refractivity contribution in [3.63, 3.8) is 0 Å². The minimum atomic E-state index is -0.173. The van der Waals surface area contributed by atoms with Gasteiger partial charge in [0.1, 0.15) is 6.54 Å². The third kappa shape index (κ3) is 4.11. The second-order valence-electron chi connectivity index (χ2n) is 5.54. The van der Waals surface area contributed by atoms with Gasteiger partial charge in [-0.1, -0.05) is 36.4 Å². The van der Waals surface area contributed by atoms with Crippen molar-refractivity contribution >= 4 is 22.4 Å². The number of carbonyl (C=O) groups is 1. The summed E-state index contributed by atoms with van der Waals surface area (Å²) in [5.41, 5.74) is 2.04. The Morgan fingerprint density at radius 3 is 2.83 bits per heavy atom. The highest BCUT2D eigenvalue weighted by molar-refractivity contribution is 5.83. The van der Waals surface area contributed by atoms with E-state index in [0.717, 1.165) is 5.69 Å². The molecule has 6 heteroatoms. The summed E-state index contributed by atoms with van der Waals surface area (Å²) >= 11 is 0. The van der Waals surface area contributed by atoms with Crippen LogP contribution in [0.15, 0.2) is 54.9 Å². The molecule has 0 bridgehead atoms. The summed E-state index contributed by atoms with van der Waals surface area (Å²) in [5.74, 6) is -0.173. The maximum Gasteiger partial charge on any atom is 0.241 e. The molecule has 0 aliphatic heterocycles. The molecule has 0 saturated heterocycles. The Hall–Kier alpha value is -2.86. The number of amides is 1.